The average molecular weight is 252 g/mol. The van der Waals surface area contributed by atoms with Gasteiger partial charge < -0.3 is 4.90 Å². The van der Waals surface area contributed by atoms with E-state index >= 15 is 0 Å². The van der Waals surface area contributed by atoms with Gasteiger partial charge in [-0.15, -0.1) is 11.6 Å². The highest BCUT2D eigenvalue weighted by molar-refractivity contribution is 6.17. The maximum Gasteiger partial charge on any atom is 0.405 e. The van der Waals surface area contributed by atoms with Gasteiger partial charge in [0, 0.05) is 18.1 Å². The normalized spacial score (nSPS) is 11.6. The quantitative estimate of drug-likeness (QED) is 0.736. The Morgan fingerprint density at radius 2 is 1.75 bits per heavy atom. The summed E-state index contributed by atoms with van der Waals surface area (Å²) in [6.07, 6.45) is -4.18. The van der Waals surface area contributed by atoms with Crippen LogP contribution in [-0.2, 0) is 5.88 Å². The molecule has 1 nitrogen and oxygen atoms in total. The zero-order chi connectivity index (χ0) is 12.2. The molecule has 1 aromatic carbocycles. The van der Waals surface area contributed by atoms with E-state index in [2.05, 4.69) is 0 Å². The first-order valence-electron chi connectivity index (χ1n) is 4.93. The van der Waals surface area contributed by atoms with Gasteiger partial charge in [0.1, 0.15) is 6.54 Å². The minimum atomic E-state index is -4.18. The van der Waals surface area contributed by atoms with Crippen molar-refractivity contribution < 1.29 is 13.2 Å². The van der Waals surface area contributed by atoms with Crippen molar-refractivity contribution >= 4 is 17.3 Å². The molecule has 0 spiro atoms. The average Bonchev–Trinajstić information content (AvgIpc) is 2.25. The molecule has 90 valence electrons. The molecule has 0 heterocycles. The molecule has 0 aromatic heterocycles. The lowest BCUT2D eigenvalue weighted by molar-refractivity contribution is -0.119. The van der Waals surface area contributed by atoms with Gasteiger partial charge >= 0.3 is 6.18 Å². The van der Waals surface area contributed by atoms with Gasteiger partial charge in [-0.1, -0.05) is 12.1 Å². The number of halogens is 4. The Bertz CT molecular complexity index is 321. The van der Waals surface area contributed by atoms with Crippen molar-refractivity contribution in [2.24, 2.45) is 0 Å². The van der Waals surface area contributed by atoms with E-state index in [0.717, 1.165) is 5.56 Å². The van der Waals surface area contributed by atoms with Crippen molar-refractivity contribution in [3.05, 3.63) is 29.8 Å². The van der Waals surface area contributed by atoms with E-state index in [9.17, 15) is 13.2 Å². The predicted molar refractivity (Wildman–Crippen MR) is 59.9 cm³/mol. The van der Waals surface area contributed by atoms with Crippen LogP contribution in [0.4, 0.5) is 18.9 Å². The molecule has 0 N–H and O–H groups in total. The smallest absolute Gasteiger partial charge is 0.363 e. The standard InChI is InChI=1S/C11H13ClF3N/c1-2-16(8-11(13,14)15)10-5-3-9(7-12)4-6-10/h3-6H,2,7-8H2,1H3. The summed E-state index contributed by atoms with van der Waals surface area (Å²) in [4.78, 5) is 1.28. The van der Waals surface area contributed by atoms with E-state index in [1.807, 2.05) is 0 Å². The van der Waals surface area contributed by atoms with Crippen molar-refractivity contribution in [1.82, 2.24) is 0 Å². The van der Waals surface area contributed by atoms with Gasteiger partial charge in [-0.25, -0.2) is 0 Å². The molecule has 0 amide bonds. The highest BCUT2D eigenvalue weighted by atomic mass is 35.5. The molecule has 0 saturated carbocycles. The van der Waals surface area contributed by atoms with Gasteiger partial charge in [0.15, 0.2) is 0 Å². The highest BCUT2D eigenvalue weighted by Gasteiger charge is 2.30. The second-order valence-corrected chi connectivity index (χ2v) is 3.70. The van der Waals surface area contributed by atoms with E-state index in [-0.39, 0.29) is 0 Å². The SMILES string of the molecule is CCN(CC(F)(F)F)c1ccc(CCl)cc1. The van der Waals surface area contributed by atoms with Crippen LogP contribution in [0.15, 0.2) is 24.3 Å². The second kappa shape index (κ2) is 5.43. The topological polar surface area (TPSA) is 3.24 Å². The van der Waals surface area contributed by atoms with Crippen LogP contribution in [0, 0.1) is 0 Å². The third-order valence-corrected chi connectivity index (χ3v) is 2.52. The second-order valence-electron chi connectivity index (χ2n) is 3.43. The maximum atomic E-state index is 12.3. The molecular formula is C11H13ClF3N. The summed E-state index contributed by atoms with van der Waals surface area (Å²) in [6, 6.07) is 6.79. The van der Waals surface area contributed by atoms with E-state index in [0.29, 0.717) is 18.1 Å². The molecule has 1 aromatic rings. The largest absolute Gasteiger partial charge is 0.405 e. The number of alkyl halides is 4. The third-order valence-electron chi connectivity index (χ3n) is 2.21. The lowest BCUT2D eigenvalue weighted by Gasteiger charge is -2.24. The molecule has 0 radical (unpaired) electrons. The minimum absolute atomic E-state index is 0.319. The monoisotopic (exact) mass is 251 g/mol. The van der Waals surface area contributed by atoms with Crippen molar-refractivity contribution in [3.8, 4) is 0 Å². The number of anilines is 1. The van der Waals surface area contributed by atoms with Gasteiger partial charge in [0.05, 0.1) is 0 Å². The van der Waals surface area contributed by atoms with E-state index in [1.165, 1.54) is 4.90 Å². The first kappa shape index (κ1) is 13.2. The summed E-state index contributed by atoms with van der Waals surface area (Å²) in [5, 5.41) is 0. The first-order chi connectivity index (χ1) is 7.46. The van der Waals surface area contributed by atoms with Crippen molar-refractivity contribution in [1.29, 1.82) is 0 Å². The fraction of sp³-hybridized carbons (Fsp3) is 0.455. The zero-order valence-electron chi connectivity index (χ0n) is 8.89. The molecule has 0 aliphatic rings. The Kier molecular flexibility index (Phi) is 4.47. The van der Waals surface area contributed by atoms with Crippen LogP contribution in [0.2, 0.25) is 0 Å². The summed E-state index contributed by atoms with van der Waals surface area (Å²) >= 11 is 5.61. The Morgan fingerprint density at radius 1 is 1.19 bits per heavy atom. The van der Waals surface area contributed by atoms with E-state index in [4.69, 9.17) is 11.6 Å². The minimum Gasteiger partial charge on any atom is -0.363 e. The molecule has 0 aliphatic heterocycles. The van der Waals surface area contributed by atoms with Crippen LogP contribution in [-0.4, -0.2) is 19.3 Å². The number of nitrogens with zero attached hydrogens (tertiary/aromatic N) is 1. The van der Waals surface area contributed by atoms with Crippen molar-refractivity contribution in [3.63, 3.8) is 0 Å². The van der Waals surface area contributed by atoms with E-state index < -0.39 is 12.7 Å². The third kappa shape index (κ3) is 3.93. The fourth-order valence-corrected chi connectivity index (χ4v) is 1.58. The fourth-order valence-electron chi connectivity index (χ4n) is 1.40. The summed E-state index contributed by atoms with van der Waals surface area (Å²) in [5.74, 6) is 0.367. The molecule has 0 saturated heterocycles. The molecule has 0 fully saturated rings. The highest BCUT2D eigenvalue weighted by Crippen LogP contribution is 2.22. The van der Waals surface area contributed by atoms with Gasteiger partial charge in [0.2, 0.25) is 0 Å². The molecule has 0 bridgehead atoms. The van der Waals surface area contributed by atoms with Gasteiger partial charge in [-0.3, -0.25) is 0 Å². The summed E-state index contributed by atoms with van der Waals surface area (Å²) in [7, 11) is 0. The summed E-state index contributed by atoms with van der Waals surface area (Å²) in [5.41, 5.74) is 1.46. The Balaban J connectivity index is 2.79. The maximum absolute atomic E-state index is 12.3. The lowest BCUT2D eigenvalue weighted by atomic mass is 10.2. The Morgan fingerprint density at radius 3 is 2.12 bits per heavy atom. The van der Waals surface area contributed by atoms with Gasteiger partial charge in [-0.2, -0.15) is 13.2 Å². The Labute approximate surface area is 97.8 Å². The van der Waals surface area contributed by atoms with Crippen LogP contribution < -0.4 is 4.90 Å². The van der Waals surface area contributed by atoms with E-state index in [1.54, 1.807) is 31.2 Å². The molecule has 0 aliphatic carbocycles. The van der Waals surface area contributed by atoms with Crippen LogP contribution in [0.1, 0.15) is 12.5 Å². The summed E-state index contributed by atoms with van der Waals surface area (Å²) in [6.45, 7) is 1.09. The van der Waals surface area contributed by atoms with Gasteiger partial charge in [0.25, 0.3) is 0 Å². The van der Waals surface area contributed by atoms with Crippen molar-refractivity contribution in [2.45, 2.75) is 19.0 Å². The zero-order valence-corrected chi connectivity index (χ0v) is 9.65. The molecule has 1 rings (SSSR count). The number of benzene rings is 1. The summed E-state index contributed by atoms with van der Waals surface area (Å²) < 4.78 is 36.8. The first-order valence-corrected chi connectivity index (χ1v) is 5.46. The predicted octanol–water partition coefficient (Wildman–Crippen LogP) is 3.81. The lowest BCUT2D eigenvalue weighted by Crippen LogP contribution is -2.34. The molecular weight excluding hydrogens is 239 g/mol. The Hall–Kier alpha value is -0.900. The van der Waals surface area contributed by atoms with Crippen LogP contribution >= 0.6 is 11.6 Å². The number of hydrogen-bond acceptors (Lipinski definition) is 1. The molecule has 0 atom stereocenters. The number of hydrogen-bond donors (Lipinski definition) is 0. The molecule has 16 heavy (non-hydrogen) atoms. The van der Waals surface area contributed by atoms with Crippen LogP contribution in [0.25, 0.3) is 0 Å². The molecule has 0 unspecified atom stereocenters. The van der Waals surface area contributed by atoms with Crippen molar-refractivity contribution in [2.75, 3.05) is 18.0 Å². The van der Waals surface area contributed by atoms with Crippen LogP contribution in [0.3, 0.4) is 0 Å². The van der Waals surface area contributed by atoms with Gasteiger partial charge in [-0.05, 0) is 24.6 Å². The number of rotatable bonds is 4. The van der Waals surface area contributed by atoms with Crippen LogP contribution in [0.5, 0.6) is 0 Å². The molecule has 5 heteroatoms.